The molecular weight excluding hydrogens is 356 g/mol. The Hall–Kier alpha value is -2.16. The highest BCUT2D eigenvalue weighted by Gasteiger charge is 2.42. The number of carbonyl (C=O) groups is 4. The molecular formula is C18H30N2O7. The molecule has 2 amide bonds. The van der Waals surface area contributed by atoms with Crippen molar-refractivity contribution in [2.45, 2.75) is 71.2 Å². The average Bonchev–Trinajstić information content (AvgIpc) is 2.61. The molecule has 27 heavy (non-hydrogen) atoms. The van der Waals surface area contributed by atoms with Crippen LogP contribution in [0.4, 0.5) is 0 Å². The Morgan fingerprint density at radius 2 is 1.67 bits per heavy atom. The lowest BCUT2D eigenvalue weighted by Gasteiger charge is -2.42. The number of esters is 2. The number of ether oxygens (including phenoxy) is 2. The smallest absolute Gasteiger partial charge is 0.329 e. The normalized spacial score (nSPS) is 29.0. The minimum absolute atomic E-state index is 0. The lowest BCUT2D eigenvalue weighted by molar-refractivity contribution is -0.180. The number of methoxy groups -OCH3 is 1. The third kappa shape index (κ3) is 5.41. The van der Waals surface area contributed by atoms with Crippen LogP contribution in [-0.4, -0.2) is 83.2 Å². The van der Waals surface area contributed by atoms with Gasteiger partial charge in [0.1, 0.15) is 18.2 Å². The zero-order valence-corrected chi connectivity index (χ0v) is 15.3. The maximum Gasteiger partial charge on any atom is 0.329 e. The minimum atomic E-state index is -0.528. The number of rotatable bonds is 1. The Morgan fingerprint density at radius 1 is 1.04 bits per heavy atom. The van der Waals surface area contributed by atoms with Gasteiger partial charge in [0.05, 0.1) is 19.8 Å². The average molecular weight is 386 g/mol. The predicted molar refractivity (Wildman–Crippen MR) is 95.5 cm³/mol. The topological polar surface area (TPSA) is 113 Å². The lowest BCUT2D eigenvalue weighted by Crippen LogP contribution is -2.58. The second-order valence-electron chi connectivity index (χ2n) is 6.76. The van der Waals surface area contributed by atoms with Crippen LogP contribution < -0.4 is 0 Å². The molecule has 4 fully saturated rings. The molecule has 4 saturated heterocycles. The molecule has 9 heteroatoms. The second-order valence-corrected chi connectivity index (χ2v) is 6.76. The Bertz CT molecular complexity index is 580. The van der Waals surface area contributed by atoms with Gasteiger partial charge in [0, 0.05) is 20.4 Å². The molecule has 0 aromatic carbocycles. The minimum Gasteiger partial charge on any atom is -0.467 e. The van der Waals surface area contributed by atoms with Gasteiger partial charge in [-0.2, -0.15) is 0 Å². The summed E-state index contributed by atoms with van der Waals surface area (Å²) < 4.78 is 9.62. The van der Waals surface area contributed by atoms with E-state index in [9.17, 15) is 24.3 Å². The van der Waals surface area contributed by atoms with E-state index in [1.807, 2.05) is 0 Å². The Kier molecular flexibility index (Phi) is 8.20. The molecule has 4 aliphatic heterocycles. The van der Waals surface area contributed by atoms with Crippen molar-refractivity contribution in [3.8, 4) is 0 Å². The molecule has 154 valence electrons. The fourth-order valence-corrected chi connectivity index (χ4v) is 3.55. The SMILES string of the molecule is C.CC(=O)N1C[C@@H]2CC[C@H]1C(=O)O2.COC(=O)[C@@H]1CC[C@H](O)CN1C(C)=O. The number of nitrogens with zero attached hydrogens (tertiary/aromatic N) is 2. The summed E-state index contributed by atoms with van der Waals surface area (Å²) in [6, 6.07) is -0.826. The highest BCUT2D eigenvalue weighted by Crippen LogP contribution is 2.27. The number of fused-ring (bicyclic) bond motifs is 3. The van der Waals surface area contributed by atoms with E-state index in [0.29, 0.717) is 19.4 Å². The highest BCUT2D eigenvalue weighted by molar-refractivity contribution is 5.85. The third-order valence-corrected chi connectivity index (χ3v) is 4.93. The van der Waals surface area contributed by atoms with Gasteiger partial charge in [-0.1, -0.05) is 7.43 Å². The van der Waals surface area contributed by atoms with Crippen molar-refractivity contribution < 1.29 is 33.8 Å². The molecule has 4 aliphatic rings. The summed E-state index contributed by atoms with van der Waals surface area (Å²) in [4.78, 5) is 47.7. The second kappa shape index (κ2) is 9.68. The molecule has 0 saturated carbocycles. The molecule has 4 heterocycles. The Balaban J connectivity index is 0.000000262. The summed E-state index contributed by atoms with van der Waals surface area (Å²) in [7, 11) is 1.30. The number of morpholine rings is 1. The van der Waals surface area contributed by atoms with E-state index in [4.69, 9.17) is 4.74 Å². The number of hydrogen-bond acceptors (Lipinski definition) is 7. The number of likely N-dealkylation sites (tertiary alicyclic amines) is 1. The van der Waals surface area contributed by atoms with Gasteiger partial charge in [0.15, 0.2) is 0 Å². The molecule has 0 spiro atoms. The number of carbonyl (C=O) groups excluding carboxylic acids is 4. The van der Waals surface area contributed by atoms with Gasteiger partial charge >= 0.3 is 11.9 Å². The van der Waals surface area contributed by atoms with Crippen LogP contribution in [0.15, 0.2) is 0 Å². The molecule has 0 aromatic rings. The fourth-order valence-electron chi connectivity index (χ4n) is 3.55. The Morgan fingerprint density at radius 3 is 2.11 bits per heavy atom. The largest absolute Gasteiger partial charge is 0.467 e. The van der Waals surface area contributed by atoms with Crippen molar-refractivity contribution in [1.29, 1.82) is 0 Å². The van der Waals surface area contributed by atoms with Crippen molar-refractivity contribution in [3.05, 3.63) is 0 Å². The summed E-state index contributed by atoms with van der Waals surface area (Å²) in [5.74, 6) is -0.875. The van der Waals surface area contributed by atoms with E-state index in [-0.39, 0.29) is 43.9 Å². The maximum absolute atomic E-state index is 11.3. The van der Waals surface area contributed by atoms with E-state index in [0.717, 1.165) is 12.8 Å². The van der Waals surface area contributed by atoms with Crippen molar-refractivity contribution in [2.75, 3.05) is 20.2 Å². The van der Waals surface area contributed by atoms with Crippen LogP contribution in [0.25, 0.3) is 0 Å². The number of β-amino-alcohol motifs (C(OH)–C–C–N with tert-alkyl or cyclic N) is 1. The number of aliphatic hydroxyl groups excluding tert-OH is 1. The van der Waals surface area contributed by atoms with E-state index in [2.05, 4.69) is 4.74 Å². The van der Waals surface area contributed by atoms with Gasteiger partial charge in [0.25, 0.3) is 0 Å². The number of amides is 2. The number of hydrogen-bond donors (Lipinski definition) is 1. The van der Waals surface area contributed by atoms with Gasteiger partial charge in [-0.3, -0.25) is 9.59 Å². The quantitative estimate of drug-likeness (QED) is 0.635. The zero-order valence-electron chi connectivity index (χ0n) is 15.3. The third-order valence-electron chi connectivity index (χ3n) is 4.93. The highest BCUT2D eigenvalue weighted by atomic mass is 16.6. The molecule has 0 unspecified atom stereocenters. The Labute approximate surface area is 159 Å². The van der Waals surface area contributed by atoms with Crippen LogP contribution in [-0.2, 0) is 28.7 Å². The van der Waals surface area contributed by atoms with Crippen LogP contribution >= 0.6 is 0 Å². The molecule has 1 N–H and O–H groups in total. The molecule has 0 aromatic heterocycles. The molecule has 4 rings (SSSR count). The fraction of sp³-hybridized carbons (Fsp3) is 0.778. The van der Waals surface area contributed by atoms with Crippen LogP contribution in [0.1, 0.15) is 47.0 Å². The molecule has 4 atom stereocenters. The number of aliphatic hydroxyl groups is 1. The van der Waals surface area contributed by atoms with E-state index >= 15 is 0 Å². The zero-order chi connectivity index (χ0) is 19.4. The van der Waals surface area contributed by atoms with Gasteiger partial charge in [-0.05, 0) is 25.7 Å². The first-order chi connectivity index (χ1) is 12.2. The first-order valence-electron chi connectivity index (χ1n) is 8.75. The van der Waals surface area contributed by atoms with E-state index in [1.54, 1.807) is 4.90 Å². The lowest BCUT2D eigenvalue weighted by atomic mass is 9.96. The van der Waals surface area contributed by atoms with Gasteiger partial charge in [-0.15, -0.1) is 0 Å². The molecule has 9 nitrogen and oxygen atoms in total. The van der Waals surface area contributed by atoms with Crippen LogP contribution in [0.3, 0.4) is 0 Å². The van der Waals surface area contributed by atoms with Crippen molar-refractivity contribution >= 4 is 23.8 Å². The first kappa shape index (κ1) is 22.9. The molecule has 0 radical (unpaired) electrons. The summed E-state index contributed by atoms with van der Waals surface area (Å²) in [6.45, 7) is 3.68. The maximum atomic E-state index is 11.3. The number of piperidine rings is 2. The standard InChI is InChI=1S/C9H15NO4.C8H11NO3.CH4/c1-6(11)10-5-7(12)3-4-8(10)9(13)14-2;1-5(10)9-4-6-2-3-7(9)8(11)12-6;/h7-8,12H,3-5H2,1-2H3;6-7H,2-4H2,1H3;1H4/t7-,8-;6-,7-;/m00./s1. The summed E-state index contributed by atoms with van der Waals surface area (Å²) in [5.41, 5.74) is 0. The monoisotopic (exact) mass is 386 g/mol. The summed E-state index contributed by atoms with van der Waals surface area (Å²) >= 11 is 0. The summed E-state index contributed by atoms with van der Waals surface area (Å²) in [5, 5.41) is 9.35. The van der Waals surface area contributed by atoms with E-state index in [1.165, 1.54) is 25.9 Å². The van der Waals surface area contributed by atoms with Crippen molar-refractivity contribution in [1.82, 2.24) is 9.80 Å². The molecule has 2 bridgehead atoms. The van der Waals surface area contributed by atoms with Crippen molar-refractivity contribution in [3.63, 3.8) is 0 Å². The van der Waals surface area contributed by atoms with Crippen LogP contribution in [0.5, 0.6) is 0 Å². The predicted octanol–water partition coefficient (Wildman–Crippen LogP) is 0.0900. The van der Waals surface area contributed by atoms with Gasteiger partial charge in [-0.25, -0.2) is 9.59 Å². The summed E-state index contributed by atoms with van der Waals surface area (Å²) in [6.07, 6.45) is 2.09. The first-order valence-corrected chi connectivity index (χ1v) is 8.75. The van der Waals surface area contributed by atoms with Gasteiger partial charge in [0.2, 0.25) is 11.8 Å². The molecule has 0 aliphatic carbocycles. The van der Waals surface area contributed by atoms with Crippen LogP contribution in [0.2, 0.25) is 0 Å². The van der Waals surface area contributed by atoms with Crippen LogP contribution in [0, 0.1) is 0 Å². The van der Waals surface area contributed by atoms with Gasteiger partial charge < -0.3 is 24.4 Å². The van der Waals surface area contributed by atoms with Crippen molar-refractivity contribution in [2.24, 2.45) is 0 Å². The van der Waals surface area contributed by atoms with E-state index < -0.39 is 18.1 Å².